The lowest BCUT2D eigenvalue weighted by Crippen LogP contribution is -2.43. The molecule has 0 amide bonds. The molecule has 26 heavy (non-hydrogen) atoms. The molecule has 148 valence electrons. The third kappa shape index (κ3) is 6.78. The molecule has 0 radical (unpaired) electrons. The van der Waals surface area contributed by atoms with Crippen molar-refractivity contribution in [1.82, 2.24) is 15.2 Å². The molecule has 1 aliphatic heterocycles. The first kappa shape index (κ1) is 22.7. The van der Waals surface area contributed by atoms with Crippen LogP contribution in [-0.2, 0) is 10.9 Å². The van der Waals surface area contributed by atoms with E-state index in [-0.39, 0.29) is 29.8 Å². The molecular formula is C16H25F3IN5O. The van der Waals surface area contributed by atoms with E-state index in [0.29, 0.717) is 25.0 Å². The van der Waals surface area contributed by atoms with Crippen LogP contribution < -0.4 is 10.6 Å². The van der Waals surface area contributed by atoms with Crippen molar-refractivity contribution in [1.29, 1.82) is 0 Å². The molecule has 0 bridgehead atoms. The van der Waals surface area contributed by atoms with Gasteiger partial charge < -0.3 is 20.3 Å². The molecular weight excluding hydrogens is 462 g/mol. The second-order valence-electron chi connectivity index (χ2n) is 5.91. The van der Waals surface area contributed by atoms with Crippen molar-refractivity contribution in [2.45, 2.75) is 12.6 Å². The summed E-state index contributed by atoms with van der Waals surface area (Å²) in [6.45, 7) is 3.08. The lowest BCUT2D eigenvalue weighted by Gasteiger charge is -2.24. The van der Waals surface area contributed by atoms with Gasteiger partial charge in [0.05, 0.1) is 12.2 Å². The fourth-order valence-corrected chi connectivity index (χ4v) is 2.72. The Labute approximate surface area is 168 Å². The normalized spacial score (nSPS) is 17.6. The highest BCUT2D eigenvalue weighted by molar-refractivity contribution is 14.0. The van der Waals surface area contributed by atoms with Crippen LogP contribution in [0.5, 0.6) is 0 Å². The Bertz CT molecular complexity index is 579. The van der Waals surface area contributed by atoms with Crippen LogP contribution >= 0.6 is 24.0 Å². The lowest BCUT2D eigenvalue weighted by molar-refractivity contribution is -0.137. The molecule has 1 saturated heterocycles. The number of aromatic nitrogens is 1. The van der Waals surface area contributed by atoms with Gasteiger partial charge in [0, 0.05) is 52.5 Å². The molecule has 1 aromatic heterocycles. The van der Waals surface area contributed by atoms with Crippen LogP contribution in [0.2, 0.25) is 0 Å². The molecule has 0 aliphatic carbocycles. The maximum absolute atomic E-state index is 12.9. The van der Waals surface area contributed by atoms with Gasteiger partial charge in [0.25, 0.3) is 0 Å². The van der Waals surface area contributed by atoms with Crippen LogP contribution in [0.25, 0.3) is 0 Å². The highest BCUT2D eigenvalue weighted by atomic mass is 127. The second-order valence-corrected chi connectivity index (χ2v) is 5.91. The number of rotatable bonds is 6. The zero-order chi connectivity index (χ0) is 18.3. The highest BCUT2D eigenvalue weighted by Crippen LogP contribution is 2.33. The van der Waals surface area contributed by atoms with E-state index < -0.39 is 11.7 Å². The number of hydrogen-bond donors (Lipinski definition) is 2. The van der Waals surface area contributed by atoms with Gasteiger partial charge >= 0.3 is 6.18 Å². The van der Waals surface area contributed by atoms with Crippen LogP contribution in [0.1, 0.15) is 12.0 Å². The maximum Gasteiger partial charge on any atom is 0.419 e. The summed E-state index contributed by atoms with van der Waals surface area (Å²) in [6, 6.07) is 2.29. The Morgan fingerprint density at radius 3 is 2.81 bits per heavy atom. The maximum atomic E-state index is 12.9. The lowest BCUT2D eigenvalue weighted by atomic mass is 10.1. The van der Waals surface area contributed by atoms with E-state index in [4.69, 9.17) is 4.74 Å². The minimum atomic E-state index is -4.43. The Morgan fingerprint density at radius 2 is 2.19 bits per heavy atom. The Morgan fingerprint density at radius 1 is 1.42 bits per heavy atom. The predicted octanol–water partition coefficient (Wildman–Crippen LogP) is 2.67. The predicted molar refractivity (Wildman–Crippen MR) is 106 cm³/mol. The summed E-state index contributed by atoms with van der Waals surface area (Å²) in [6.07, 6.45) is -2.06. The third-order valence-corrected chi connectivity index (χ3v) is 3.94. The molecule has 1 aromatic rings. The number of hydrogen-bond acceptors (Lipinski definition) is 4. The summed E-state index contributed by atoms with van der Waals surface area (Å²) in [4.78, 5) is 9.97. The van der Waals surface area contributed by atoms with Crippen molar-refractivity contribution in [3.05, 3.63) is 23.9 Å². The van der Waals surface area contributed by atoms with Gasteiger partial charge in [-0.2, -0.15) is 13.2 Å². The van der Waals surface area contributed by atoms with Gasteiger partial charge in [-0.1, -0.05) is 0 Å². The van der Waals surface area contributed by atoms with E-state index in [9.17, 15) is 13.2 Å². The number of anilines is 1. The van der Waals surface area contributed by atoms with Crippen molar-refractivity contribution < 1.29 is 17.9 Å². The number of guanidine groups is 1. The van der Waals surface area contributed by atoms with Gasteiger partial charge in [0.2, 0.25) is 0 Å². The van der Waals surface area contributed by atoms with E-state index in [1.165, 1.54) is 12.3 Å². The van der Waals surface area contributed by atoms with E-state index in [1.807, 2.05) is 11.9 Å². The zero-order valence-electron chi connectivity index (χ0n) is 14.8. The number of nitrogens with one attached hydrogen (secondary N) is 2. The Balaban J connectivity index is 0.00000338. The van der Waals surface area contributed by atoms with Crippen LogP contribution in [0.15, 0.2) is 23.3 Å². The molecule has 2 N–H and O–H groups in total. The van der Waals surface area contributed by atoms with Gasteiger partial charge in [-0.05, 0) is 18.6 Å². The SMILES string of the molecule is CN=C(NCCNc1ncccc1C(F)(F)F)N(C)CC1CCOC1.I. The molecule has 1 aliphatic rings. The number of nitrogens with zero attached hydrogens (tertiary/aromatic N) is 3. The molecule has 2 heterocycles. The van der Waals surface area contributed by atoms with Gasteiger partial charge in [-0.15, -0.1) is 24.0 Å². The van der Waals surface area contributed by atoms with Gasteiger partial charge in [-0.3, -0.25) is 4.99 Å². The molecule has 1 unspecified atom stereocenters. The van der Waals surface area contributed by atoms with Crippen molar-refractivity contribution in [2.24, 2.45) is 10.9 Å². The molecule has 10 heteroatoms. The summed E-state index contributed by atoms with van der Waals surface area (Å²) in [5.74, 6) is 1.01. The van der Waals surface area contributed by atoms with Crippen LogP contribution in [0.4, 0.5) is 19.0 Å². The van der Waals surface area contributed by atoms with Gasteiger partial charge in [0.15, 0.2) is 5.96 Å². The van der Waals surface area contributed by atoms with Crippen molar-refractivity contribution >= 4 is 35.8 Å². The number of halogens is 4. The number of alkyl halides is 3. The first-order valence-electron chi connectivity index (χ1n) is 8.17. The average molecular weight is 487 g/mol. The fraction of sp³-hybridized carbons (Fsp3) is 0.625. The summed E-state index contributed by atoms with van der Waals surface area (Å²) < 4.78 is 44.1. The smallest absolute Gasteiger partial charge is 0.381 e. The largest absolute Gasteiger partial charge is 0.419 e. The quantitative estimate of drug-likeness (QED) is 0.280. The van der Waals surface area contributed by atoms with Crippen molar-refractivity contribution in [2.75, 3.05) is 52.3 Å². The molecule has 1 atom stereocenters. The zero-order valence-corrected chi connectivity index (χ0v) is 17.2. The number of pyridine rings is 1. The molecule has 6 nitrogen and oxygen atoms in total. The standard InChI is InChI=1S/C16H24F3N5O.HI/c1-20-15(24(2)10-12-5-9-25-11-12)23-8-7-22-14-13(16(17,18)19)4-3-6-21-14;/h3-4,6,12H,5,7-11H2,1-2H3,(H,20,23)(H,21,22);1H. The molecule has 1 fully saturated rings. The van der Waals surface area contributed by atoms with Crippen LogP contribution in [0.3, 0.4) is 0 Å². The van der Waals surface area contributed by atoms with E-state index in [0.717, 1.165) is 32.2 Å². The summed E-state index contributed by atoms with van der Waals surface area (Å²) >= 11 is 0. The van der Waals surface area contributed by atoms with Gasteiger partial charge in [0.1, 0.15) is 5.82 Å². The summed E-state index contributed by atoms with van der Waals surface area (Å²) in [7, 11) is 3.61. The highest BCUT2D eigenvalue weighted by Gasteiger charge is 2.33. The summed E-state index contributed by atoms with van der Waals surface area (Å²) in [5.41, 5.74) is -0.766. The first-order chi connectivity index (χ1) is 11.9. The summed E-state index contributed by atoms with van der Waals surface area (Å²) in [5, 5.41) is 5.86. The van der Waals surface area contributed by atoms with Crippen LogP contribution in [-0.4, -0.2) is 62.8 Å². The van der Waals surface area contributed by atoms with E-state index in [2.05, 4.69) is 20.6 Å². The van der Waals surface area contributed by atoms with E-state index >= 15 is 0 Å². The molecule has 0 saturated carbocycles. The average Bonchev–Trinajstić information content (AvgIpc) is 3.07. The minimum absolute atomic E-state index is 0. The first-order valence-corrected chi connectivity index (χ1v) is 8.17. The van der Waals surface area contributed by atoms with Crippen molar-refractivity contribution in [3.63, 3.8) is 0 Å². The second kappa shape index (κ2) is 10.8. The fourth-order valence-electron chi connectivity index (χ4n) is 2.72. The third-order valence-electron chi connectivity index (χ3n) is 3.94. The number of aliphatic imine (C=N–C) groups is 1. The Hall–Kier alpha value is -1.30. The monoisotopic (exact) mass is 487 g/mol. The Kier molecular flexibility index (Phi) is 9.41. The van der Waals surface area contributed by atoms with Crippen molar-refractivity contribution in [3.8, 4) is 0 Å². The molecule has 0 spiro atoms. The van der Waals surface area contributed by atoms with E-state index in [1.54, 1.807) is 7.05 Å². The topological polar surface area (TPSA) is 61.8 Å². The molecule has 0 aromatic carbocycles. The van der Waals surface area contributed by atoms with Crippen LogP contribution in [0, 0.1) is 5.92 Å². The minimum Gasteiger partial charge on any atom is -0.381 e. The molecule has 2 rings (SSSR count). The number of ether oxygens (including phenoxy) is 1. The van der Waals surface area contributed by atoms with Gasteiger partial charge in [-0.25, -0.2) is 4.98 Å².